The monoisotopic (exact) mass is 344 g/mol. The lowest BCUT2D eigenvalue weighted by Gasteiger charge is -2.06. The van der Waals surface area contributed by atoms with Crippen molar-refractivity contribution in [1.82, 2.24) is 9.97 Å². The van der Waals surface area contributed by atoms with Crippen molar-refractivity contribution in [2.24, 2.45) is 5.73 Å². The molecule has 0 spiro atoms. The van der Waals surface area contributed by atoms with E-state index in [2.05, 4.69) is 9.97 Å². The number of pyridine rings is 1. The number of aromatic nitrogens is 2. The molecule has 2 heterocycles. The Kier molecular flexibility index (Phi) is 3.85. The topological polar surface area (TPSA) is 108 Å². The highest BCUT2D eigenvalue weighted by atomic mass is 16.3. The Balaban J connectivity index is 1.70. The molecule has 0 saturated carbocycles. The van der Waals surface area contributed by atoms with E-state index in [1.165, 1.54) is 0 Å². The first kappa shape index (κ1) is 15.8. The number of para-hydroxylation sites is 2. The summed E-state index contributed by atoms with van der Waals surface area (Å²) in [6.45, 7) is 0. The van der Waals surface area contributed by atoms with Gasteiger partial charge < -0.3 is 15.9 Å². The van der Waals surface area contributed by atoms with Gasteiger partial charge in [0.2, 0.25) is 11.8 Å². The van der Waals surface area contributed by atoms with Gasteiger partial charge in [-0.3, -0.25) is 4.79 Å². The number of amides is 1. The van der Waals surface area contributed by atoms with Gasteiger partial charge in [-0.15, -0.1) is 0 Å². The first-order valence-electron chi connectivity index (χ1n) is 8.09. The molecule has 6 nitrogen and oxygen atoms in total. The summed E-state index contributed by atoms with van der Waals surface area (Å²) in [7, 11) is 0. The Morgan fingerprint density at radius 1 is 1.04 bits per heavy atom. The lowest BCUT2D eigenvalue weighted by Crippen LogP contribution is -2.11. The number of carbonyl (C=O) groups is 1. The Bertz CT molecular complexity index is 1080. The molecular weight excluding hydrogens is 328 g/mol. The molecule has 0 aliphatic rings. The smallest absolute Gasteiger partial charge is 0.248 e. The van der Waals surface area contributed by atoms with Crippen LogP contribution in [0.15, 0.2) is 65.2 Å². The normalized spacial score (nSPS) is 10.9. The van der Waals surface area contributed by atoms with Gasteiger partial charge in [0, 0.05) is 11.8 Å². The minimum atomic E-state index is -0.450. The van der Waals surface area contributed by atoms with Crippen LogP contribution in [0.3, 0.4) is 0 Å². The molecule has 2 aromatic heterocycles. The second-order valence-electron chi connectivity index (χ2n) is 6.00. The maximum Gasteiger partial charge on any atom is 0.248 e. The molecule has 2 aromatic carbocycles. The van der Waals surface area contributed by atoms with E-state index in [-0.39, 0.29) is 0 Å². The summed E-state index contributed by atoms with van der Waals surface area (Å²) in [5.74, 6) is 0.338. The summed E-state index contributed by atoms with van der Waals surface area (Å²) in [5, 5.41) is 0. The molecule has 0 radical (unpaired) electrons. The van der Waals surface area contributed by atoms with Gasteiger partial charge in [-0.25, -0.2) is 9.97 Å². The summed E-state index contributed by atoms with van der Waals surface area (Å²) >= 11 is 0. The van der Waals surface area contributed by atoms with Crippen molar-refractivity contribution >= 4 is 22.8 Å². The molecule has 26 heavy (non-hydrogen) atoms. The first-order valence-corrected chi connectivity index (χ1v) is 8.09. The van der Waals surface area contributed by atoms with E-state index >= 15 is 0 Å². The average Bonchev–Trinajstić information content (AvgIpc) is 3.07. The number of hydrogen-bond acceptors (Lipinski definition) is 5. The Morgan fingerprint density at radius 2 is 1.88 bits per heavy atom. The Hall–Kier alpha value is -3.67. The first-order chi connectivity index (χ1) is 12.6. The van der Waals surface area contributed by atoms with Crippen LogP contribution in [0.25, 0.3) is 22.6 Å². The van der Waals surface area contributed by atoms with Crippen LogP contribution in [-0.2, 0) is 6.42 Å². The van der Waals surface area contributed by atoms with Crippen molar-refractivity contribution in [3.63, 3.8) is 0 Å². The van der Waals surface area contributed by atoms with Crippen molar-refractivity contribution in [3.05, 3.63) is 77.5 Å². The van der Waals surface area contributed by atoms with E-state index in [1.807, 2.05) is 42.5 Å². The highest BCUT2D eigenvalue weighted by molar-refractivity contribution is 5.92. The number of anilines is 1. The van der Waals surface area contributed by atoms with Crippen molar-refractivity contribution in [2.45, 2.75) is 6.42 Å². The van der Waals surface area contributed by atoms with E-state index in [0.29, 0.717) is 34.8 Å². The quantitative estimate of drug-likeness (QED) is 0.591. The molecule has 0 unspecified atom stereocenters. The highest BCUT2D eigenvalue weighted by Gasteiger charge is 2.13. The number of benzene rings is 2. The molecule has 128 valence electrons. The summed E-state index contributed by atoms with van der Waals surface area (Å²) in [6, 6.07) is 16.6. The molecule has 0 atom stereocenters. The summed E-state index contributed by atoms with van der Waals surface area (Å²) < 4.78 is 5.80. The number of oxazole rings is 1. The third-order valence-corrected chi connectivity index (χ3v) is 4.12. The van der Waals surface area contributed by atoms with E-state index in [9.17, 15) is 4.79 Å². The van der Waals surface area contributed by atoms with Gasteiger partial charge in [0.05, 0.1) is 5.56 Å². The summed E-state index contributed by atoms with van der Waals surface area (Å²) in [6.07, 6.45) is 2.29. The molecule has 1 amide bonds. The number of nitrogens with two attached hydrogens (primary N) is 2. The van der Waals surface area contributed by atoms with Gasteiger partial charge in [-0.05, 0) is 47.9 Å². The van der Waals surface area contributed by atoms with Gasteiger partial charge in [0.1, 0.15) is 11.3 Å². The van der Waals surface area contributed by atoms with Crippen LogP contribution < -0.4 is 11.5 Å². The standard InChI is InChI=1S/C20H16N4O2/c21-18-15(20-24-16-6-1-2-7-17(16)26-20)10-13(11-23-18)8-12-4-3-5-14(9-12)19(22)25/h1-7,9-11H,8H2,(H2,21,23)(H2,22,25). The maximum atomic E-state index is 11.3. The minimum Gasteiger partial charge on any atom is -0.436 e. The summed E-state index contributed by atoms with van der Waals surface area (Å²) in [4.78, 5) is 20.1. The average molecular weight is 344 g/mol. The fraction of sp³-hybridized carbons (Fsp3) is 0.0500. The number of hydrogen-bond donors (Lipinski definition) is 2. The Labute approximate surface area is 149 Å². The molecule has 4 aromatic rings. The van der Waals surface area contributed by atoms with Crippen molar-refractivity contribution in [3.8, 4) is 11.5 Å². The molecular formula is C20H16N4O2. The zero-order valence-corrected chi connectivity index (χ0v) is 13.8. The van der Waals surface area contributed by atoms with E-state index in [1.54, 1.807) is 18.3 Å². The zero-order chi connectivity index (χ0) is 18.1. The molecule has 4 rings (SSSR count). The lowest BCUT2D eigenvalue weighted by atomic mass is 10.0. The Morgan fingerprint density at radius 3 is 2.69 bits per heavy atom. The molecule has 0 fully saturated rings. The van der Waals surface area contributed by atoms with Crippen LogP contribution in [0.5, 0.6) is 0 Å². The second-order valence-corrected chi connectivity index (χ2v) is 6.00. The number of primary amides is 1. The predicted octanol–water partition coefficient (Wildman–Crippen LogP) is 3.16. The van der Waals surface area contributed by atoms with Gasteiger partial charge in [0.25, 0.3) is 0 Å². The van der Waals surface area contributed by atoms with Crippen LogP contribution in [0.2, 0.25) is 0 Å². The molecule has 0 bridgehead atoms. The van der Waals surface area contributed by atoms with Gasteiger partial charge in [0.15, 0.2) is 5.58 Å². The fourth-order valence-electron chi connectivity index (χ4n) is 2.84. The van der Waals surface area contributed by atoms with Gasteiger partial charge in [-0.1, -0.05) is 24.3 Å². The maximum absolute atomic E-state index is 11.3. The van der Waals surface area contributed by atoms with Crippen molar-refractivity contribution < 1.29 is 9.21 Å². The third kappa shape index (κ3) is 3.00. The van der Waals surface area contributed by atoms with Crippen LogP contribution in [-0.4, -0.2) is 15.9 Å². The van der Waals surface area contributed by atoms with Crippen LogP contribution in [0.1, 0.15) is 21.5 Å². The van der Waals surface area contributed by atoms with Gasteiger partial charge in [-0.2, -0.15) is 0 Å². The van der Waals surface area contributed by atoms with Crippen molar-refractivity contribution in [1.29, 1.82) is 0 Å². The molecule has 6 heteroatoms. The lowest BCUT2D eigenvalue weighted by molar-refractivity contribution is 0.1000. The predicted molar refractivity (Wildman–Crippen MR) is 99.4 cm³/mol. The highest BCUT2D eigenvalue weighted by Crippen LogP contribution is 2.28. The minimum absolute atomic E-state index is 0.353. The van der Waals surface area contributed by atoms with E-state index in [4.69, 9.17) is 15.9 Å². The number of fused-ring (bicyclic) bond motifs is 1. The van der Waals surface area contributed by atoms with E-state index in [0.717, 1.165) is 16.6 Å². The molecule has 0 aliphatic heterocycles. The second kappa shape index (κ2) is 6.33. The molecule has 4 N–H and O–H groups in total. The summed E-state index contributed by atoms with van der Waals surface area (Å²) in [5.41, 5.74) is 15.8. The number of rotatable bonds is 4. The number of carbonyl (C=O) groups excluding carboxylic acids is 1. The molecule has 0 aliphatic carbocycles. The largest absolute Gasteiger partial charge is 0.436 e. The molecule has 0 saturated heterocycles. The van der Waals surface area contributed by atoms with Crippen molar-refractivity contribution in [2.75, 3.05) is 5.73 Å². The SMILES string of the molecule is NC(=O)c1cccc(Cc2cnc(N)c(-c3nc4ccccc4o3)c2)c1. The van der Waals surface area contributed by atoms with Crippen LogP contribution in [0, 0.1) is 0 Å². The van der Waals surface area contributed by atoms with Gasteiger partial charge >= 0.3 is 0 Å². The zero-order valence-electron chi connectivity index (χ0n) is 13.8. The van der Waals surface area contributed by atoms with E-state index < -0.39 is 5.91 Å². The van der Waals surface area contributed by atoms with Crippen LogP contribution in [0.4, 0.5) is 5.82 Å². The van der Waals surface area contributed by atoms with Crippen LogP contribution >= 0.6 is 0 Å². The fourth-order valence-corrected chi connectivity index (χ4v) is 2.84. The number of nitrogens with zero attached hydrogens (tertiary/aromatic N) is 2. The number of nitrogen functional groups attached to an aromatic ring is 1. The third-order valence-electron chi connectivity index (χ3n) is 4.12.